The van der Waals surface area contributed by atoms with Crippen LogP contribution in [-0.4, -0.2) is 30.6 Å². The first-order chi connectivity index (χ1) is 7.79. The summed E-state index contributed by atoms with van der Waals surface area (Å²) in [5.74, 6) is 0. The molecule has 1 saturated heterocycles. The predicted molar refractivity (Wildman–Crippen MR) is 71.5 cm³/mol. The van der Waals surface area contributed by atoms with Gasteiger partial charge in [0.1, 0.15) is 0 Å². The predicted octanol–water partition coefficient (Wildman–Crippen LogP) is 2.63. The van der Waals surface area contributed by atoms with Crippen molar-refractivity contribution in [2.45, 2.75) is 25.9 Å². The molecule has 0 bridgehead atoms. The monoisotopic (exact) mass is 282 g/mol. The second-order valence-corrected chi connectivity index (χ2v) is 5.28. The zero-order valence-electron chi connectivity index (χ0n) is 9.75. The highest BCUT2D eigenvalue weighted by molar-refractivity contribution is 9.10. The number of piperazine rings is 1. The minimum Gasteiger partial charge on any atom is -0.314 e. The Morgan fingerprint density at radius 3 is 2.81 bits per heavy atom. The van der Waals surface area contributed by atoms with Gasteiger partial charge in [0.25, 0.3) is 0 Å². The summed E-state index contributed by atoms with van der Waals surface area (Å²) >= 11 is 3.47. The third-order valence-electron chi connectivity index (χ3n) is 3.24. The molecule has 0 saturated carbocycles. The van der Waals surface area contributed by atoms with Crippen LogP contribution in [0.2, 0.25) is 0 Å². The molecule has 2 nitrogen and oxygen atoms in total. The lowest BCUT2D eigenvalue weighted by Gasteiger charge is -2.35. The standard InChI is InChI=1S/C13H19BrN2/c1-2-13-9-15-7-8-16(13)10-11-3-5-12(14)6-4-11/h3-6,13,15H,2,7-10H2,1H3. The van der Waals surface area contributed by atoms with Gasteiger partial charge in [-0.05, 0) is 24.1 Å². The number of nitrogens with zero attached hydrogens (tertiary/aromatic N) is 1. The van der Waals surface area contributed by atoms with Gasteiger partial charge in [0.2, 0.25) is 0 Å². The molecule has 0 amide bonds. The van der Waals surface area contributed by atoms with E-state index in [0.717, 1.165) is 30.7 Å². The minimum atomic E-state index is 0.692. The van der Waals surface area contributed by atoms with E-state index in [4.69, 9.17) is 0 Å². The van der Waals surface area contributed by atoms with E-state index in [1.54, 1.807) is 0 Å². The molecular weight excluding hydrogens is 264 g/mol. The van der Waals surface area contributed by atoms with Crippen molar-refractivity contribution in [2.24, 2.45) is 0 Å². The maximum Gasteiger partial charge on any atom is 0.0237 e. The van der Waals surface area contributed by atoms with Crippen LogP contribution in [0.1, 0.15) is 18.9 Å². The Kier molecular flexibility index (Phi) is 4.38. The van der Waals surface area contributed by atoms with Crippen molar-refractivity contribution in [2.75, 3.05) is 19.6 Å². The van der Waals surface area contributed by atoms with Gasteiger partial charge in [-0.15, -0.1) is 0 Å². The van der Waals surface area contributed by atoms with Gasteiger partial charge in [0.05, 0.1) is 0 Å². The van der Waals surface area contributed by atoms with Crippen LogP contribution in [0.5, 0.6) is 0 Å². The van der Waals surface area contributed by atoms with Crippen LogP contribution in [0.3, 0.4) is 0 Å². The topological polar surface area (TPSA) is 15.3 Å². The Hall–Kier alpha value is -0.380. The Balaban J connectivity index is 1.99. The second-order valence-electron chi connectivity index (χ2n) is 4.36. The lowest BCUT2D eigenvalue weighted by Crippen LogP contribution is -2.50. The van der Waals surface area contributed by atoms with Crippen LogP contribution in [-0.2, 0) is 6.54 Å². The molecule has 1 aromatic carbocycles. The molecular formula is C13H19BrN2. The van der Waals surface area contributed by atoms with Crippen molar-refractivity contribution in [3.8, 4) is 0 Å². The normalized spacial score (nSPS) is 22.2. The third kappa shape index (κ3) is 3.06. The summed E-state index contributed by atoms with van der Waals surface area (Å²) in [4.78, 5) is 2.58. The molecule has 0 radical (unpaired) electrons. The lowest BCUT2D eigenvalue weighted by atomic mass is 10.1. The average molecular weight is 283 g/mol. The van der Waals surface area contributed by atoms with Gasteiger partial charge in [0.15, 0.2) is 0 Å². The number of halogens is 1. The summed E-state index contributed by atoms with van der Waals surface area (Å²) < 4.78 is 1.16. The van der Waals surface area contributed by atoms with Crippen molar-refractivity contribution in [1.82, 2.24) is 10.2 Å². The molecule has 0 spiro atoms. The van der Waals surface area contributed by atoms with Crippen molar-refractivity contribution in [1.29, 1.82) is 0 Å². The van der Waals surface area contributed by atoms with Crippen molar-refractivity contribution < 1.29 is 0 Å². The van der Waals surface area contributed by atoms with Crippen LogP contribution in [0.4, 0.5) is 0 Å². The summed E-state index contributed by atoms with van der Waals surface area (Å²) in [7, 11) is 0. The summed E-state index contributed by atoms with van der Waals surface area (Å²) in [5.41, 5.74) is 1.41. The zero-order valence-corrected chi connectivity index (χ0v) is 11.3. The molecule has 1 unspecified atom stereocenters. The van der Waals surface area contributed by atoms with Crippen LogP contribution in [0, 0.1) is 0 Å². The smallest absolute Gasteiger partial charge is 0.0237 e. The maximum atomic E-state index is 3.47. The Labute approximate surface area is 106 Å². The molecule has 1 heterocycles. The number of hydrogen-bond donors (Lipinski definition) is 1. The summed E-state index contributed by atoms with van der Waals surface area (Å²) in [6.45, 7) is 6.76. The Morgan fingerprint density at radius 1 is 1.38 bits per heavy atom. The van der Waals surface area contributed by atoms with Crippen LogP contribution < -0.4 is 5.32 Å². The molecule has 1 aliphatic rings. The molecule has 1 aromatic rings. The number of nitrogens with one attached hydrogen (secondary N) is 1. The molecule has 0 aliphatic carbocycles. The van der Waals surface area contributed by atoms with Gasteiger partial charge in [-0.2, -0.15) is 0 Å². The molecule has 1 N–H and O–H groups in total. The van der Waals surface area contributed by atoms with E-state index in [2.05, 4.69) is 57.3 Å². The van der Waals surface area contributed by atoms with Gasteiger partial charge in [0, 0.05) is 36.7 Å². The second kappa shape index (κ2) is 5.80. The molecule has 0 aromatic heterocycles. The zero-order chi connectivity index (χ0) is 11.4. The molecule has 88 valence electrons. The third-order valence-corrected chi connectivity index (χ3v) is 3.77. The van der Waals surface area contributed by atoms with E-state index < -0.39 is 0 Å². The van der Waals surface area contributed by atoms with Crippen molar-refractivity contribution in [3.05, 3.63) is 34.3 Å². The molecule has 1 atom stereocenters. The summed E-state index contributed by atoms with van der Waals surface area (Å²) in [6.07, 6.45) is 1.23. The lowest BCUT2D eigenvalue weighted by molar-refractivity contribution is 0.149. The Morgan fingerprint density at radius 2 is 2.12 bits per heavy atom. The molecule has 1 fully saturated rings. The van der Waals surface area contributed by atoms with Crippen molar-refractivity contribution in [3.63, 3.8) is 0 Å². The number of benzene rings is 1. The van der Waals surface area contributed by atoms with Gasteiger partial charge < -0.3 is 5.32 Å². The first-order valence-corrected chi connectivity index (χ1v) is 6.78. The van der Waals surface area contributed by atoms with E-state index in [9.17, 15) is 0 Å². The molecule has 1 aliphatic heterocycles. The van der Waals surface area contributed by atoms with Gasteiger partial charge in [-0.1, -0.05) is 35.0 Å². The largest absolute Gasteiger partial charge is 0.314 e. The fourth-order valence-electron chi connectivity index (χ4n) is 2.24. The molecule has 2 rings (SSSR count). The van der Waals surface area contributed by atoms with E-state index >= 15 is 0 Å². The van der Waals surface area contributed by atoms with Crippen LogP contribution in [0.25, 0.3) is 0 Å². The molecule has 3 heteroatoms. The van der Waals surface area contributed by atoms with E-state index in [1.807, 2.05) is 0 Å². The quantitative estimate of drug-likeness (QED) is 0.917. The first kappa shape index (κ1) is 12.1. The summed E-state index contributed by atoms with van der Waals surface area (Å²) in [5, 5.41) is 3.46. The fourth-order valence-corrected chi connectivity index (χ4v) is 2.50. The van der Waals surface area contributed by atoms with Gasteiger partial charge >= 0.3 is 0 Å². The molecule has 16 heavy (non-hydrogen) atoms. The number of hydrogen-bond acceptors (Lipinski definition) is 2. The van der Waals surface area contributed by atoms with Crippen LogP contribution >= 0.6 is 15.9 Å². The highest BCUT2D eigenvalue weighted by Crippen LogP contribution is 2.15. The van der Waals surface area contributed by atoms with E-state index in [-0.39, 0.29) is 0 Å². The SMILES string of the molecule is CCC1CNCCN1Cc1ccc(Br)cc1. The van der Waals surface area contributed by atoms with E-state index in [1.165, 1.54) is 12.0 Å². The highest BCUT2D eigenvalue weighted by atomic mass is 79.9. The van der Waals surface area contributed by atoms with Crippen molar-refractivity contribution >= 4 is 15.9 Å². The van der Waals surface area contributed by atoms with E-state index in [0.29, 0.717) is 6.04 Å². The maximum absolute atomic E-state index is 3.47. The van der Waals surface area contributed by atoms with Crippen LogP contribution in [0.15, 0.2) is 28.7 Å². The Bertz CT molecular complexity index is 323. The fraction of sp³-hybridized carbons (Fsp3) is 0.538. The van der Waals surface area contributed by atoms with Gasteiger partial charge in [-0.3, -0.25) is 4.90 Å². The number of rotatable bonds is 3. The summed E-state index contributed by atoms with van der Waals surface area (Å²) in [6, 6.07) is 9.35. The first-order valence-electron chi connectivity index (χ1n) is 5.99. The minimum absolute atomic E-state index is 0.692. The highest BCUT2D eigenvalue weighted by Gasteiger charge is 2.19. The average Bonchev–Trinajstić information content (AvgIpc) is 2.33. The van der Waals surface area contributed by atoms with Gasteiger partial charge in [-0.25, -0.2) is 0 Å².